The Bertz CT molecular complexity index is 766. The lowest BCUT2D eigenvalue weighted by atomic mass is 10.2. The minimum Gasteiger partial charge on any atom is -0.490 e. The van der Waals surface area contributed by atoms with Crippen LogP contribution in [0.5, 0.6) is 11.5 Å². The topological polar surface area (TPSA) is 85.9 Å². The maximum absolute atomic E-state index is 10.7. The molecule has 0 radical (unpaired) electrons. The predicted octanol–water partition coefficient (Wildman–Crippen LogP) is 4.03. The molecule has 0 aliphatic carbocycles. The zero-order valence-electron chi connectivity index (χ0n) is 13.5. The van der Waals surface area contributed by atoms with Crippen molar-refractivity contribution >= 4 is 50.8 Å². The molecule has 3 N–H and O–H groups in total. The van der Waals surface area contributed by atoms with Gasteiger partial charge in [0.25, 0.3) is 0 Å². The van der Waals surface area contributed by atoms with Crippen LogP contribution in [0.25, 0.3) is 0 Å². The molecule has 0 atom stereocenters. The first-order valence-corrected chi connectivity index (χ1v) is 9.29. The van der Waals surface area contributed by atoms with Gasteiger partial charge >= 0.3 is 6.03 Å². The molecule has 6 nitrogen and oxygen atoms in total. The number of hydrazone groups is 1. The average molecular weight is 518 g/mol. The summed E-state index contributed by atoms with van der Waals surface area (Å²) in [6.45, 7) is 2.84. The van der Waals surface area contributed by atoms with Crippen molar-refractivity contribution in [2.75, 3.05) is 6.61 Å². The van der Waals surface area contributed by atoms with Gasteiger partial charge in [0, 0.05) is 4.47 Å². The zero-order chi connectivity index (χ0) is 18.2. The second kappa shape index (κ2) is 9.62. The van der Waals surface area contributed by atoms with Crippen LogP contribution in [-0.2, 0) is 6.61 Å². The van der Waals surface area contributed by atoms with Gasteiger partial charge in [-0.1, -0.05) is 28.1 Å². The van der Waals surface area contributed by atoms with E-state index in [4.69, 9.17) is 15.2 Å². The Morgan fingerprint density at radius 2 is 2.04 bits per heavy atom. The number of urea groups is 1. The van der Waals surface area contributed by atoms with Gasteiger partial charge in [0.15, 0.2) is 11.5 Å². The molecule has 2 aromatic carbocycles. The zero-order valence-corrected chi connectivity index (χ0v) is 17.2. The summed E-state index contributed by atoms with van der Waals surface area (Å²) in [5, 5.41) is 3.76. The van der Waals surface area contributed by atoms with Crippen LogP contribution in [0.15, 0.2) is 46.0 Å². The summed E-state index contributed by atoms with van der Waals surface area (Å²) in [7, 11) is 0. The molecule has 2 aromatic rings. The molecule has 2 rings (SSSR count). The van der Waals surface area contributed by atoms with Gasteiger partial charge in [-0.05, 0) is 64.9 Å². The van der Waals surface area contributed by atoms with Gasteiger partial charge < -0.3 is 15.2 Å². The van der Waals surface area contributed by atoms with Crippen LogP contribution in [0.3, 0.4) is 0 Å². The normalized spacial score (nSPS) is 10.7. The lowest BCUT2D eigenvalue weighted by molar-refractivity contribution is 0.249. The Labute approximate surface area is 168 Å². The van der Waals surface area contributed by atoms with Crippen molar-refractivity contribution in [3.05, 3.63) is 55.6 Å². The van der Waals surface area contributed by atoms with Gasteiger partial charge in [-0.3, -0.25) is 0 Å². The molecule has 0 spiro atoms. The molecule has 0 aliphatic heterocycles. The number of carbonyl (C=O) groups excluding carboxylic acids is 1. The van der Waals surface area contributed by atoms with Gasteiger partial charge in [-0.25, -0.2) is 10.2 Å². The molecule has 0 bridgehead atoms. The van der Waals surface area contributed by atoms with Crippen LogP contribution in [0.2, 0.25) is 0 Å². The molecule has 0 saturated heterocycles. The molecule has 25 heavy (non-hydrogen) atoms. The van der Waals surface area contributed by atoms with Crippen LogP contribution < -0.4 is 20.6 Å². The number of benzene rings is 2. The smallest absolute Gasteiger partial charge is 0.332 e. The number of nitrogens with two attached hydrogens (primary N) is 1. The van der Waals surface area contributed by atoms with Crippen LogP contribution >= 0.6 is 38.5 Å². The molecular weight excluding hydrogens is 501 g/mol. The Balaban J connectivity index is 2.19. The third-order valence-electron chi connectivity index (χ3n) is 3.02. The van der Waals surface area contributed by atoms with E-state index in [-0.39, 0.29) is 0 Å². The molecule has 8 heteroatoms. The number of nitrogens with one attached hydrogen (secondary N) is 1. The van der Waals surface area contributed by atoms with Crippen LogP contribution in [0.4, 0.5) is 4.79 Å². The minimum absolute atomic E-state index is 0.431. The first-order chi connectivity index (χ1) is 12.0. The maximum atomic E-state index is 10.7. The molecule has 0 heterocycles. The largest absolute Gasteiger partial charge is 0.490 e. The summed E-state index contributed by atoms with van der Waals surface area (Å²) in [4.78, 5) is 10.7. The number of hydrogen-bond acceptors (Lipinski definition) is 4. The number of halogens is 2. The van der Waals surface area contributed by atoms with E-state index in [1.807, 2.05) is 37.3 Å². The van der Waals surface area contributed by atoms with E-state index in [1.165, 1.54) is 6.21 Å². The summed E-state index contributed by atoms with van der Waals surface area (Å²) in [6, 6.07) is 10.9. The van der Waals surface area contributed by atoms with E-state index in [2.05, 4.69) is 49.0 Å². The fourth-order valence-corrected chi connectivity index (χ4v) is 3.02. The van der Waals surface area contributed by atoms with Gasteiger partial charge in [-0.15, -0.1) is 0 Å². The average Bonchev–Trinajstić information content (AvgIpc) is 2.55. The standard InChI is InChI=1S/C17H17BrIN3O3/c1-2-24-15-8-12(9-21-22-17(20)23)7-14(19)16(15)25-10-11-3-5-13(18)6-4-11/h3-9H,2,10H2,1H3,(H3,20,22,23)/b21-9-. The number of primary amides is 1. The molecule has 0 unspecified atom stereocenters. The Morgan fingerprint density at radius 1 is 1.32 bits per heavy atom. The van der Waals surface area contributed by atoms with Gasteiger partial charge in [0.2, 0.25) is 0 Å². The van der Waals surface area contributed by atoms with Crippen molar-refractivity contribution in [1.29, 1.82) is 0 Å². The minimum atomic E-state index is -0.717. The van der Waals surface area contributed by atoms with Crippen molar-refractivity contribution < 1.29 is 14.3 Å². The summed E-state index contributed by atoms with van der Waals surface area (Å²) < 4.78 is 13.5. The summed E-state index contributed by atoms with van der Waals surface area (Å²) in [5.74, 6) is 1.29. The third-order valence-corrected chi connectivity index (χ3v) is 4.35. The highest BCUT2D eigenvalue weighted by atomic mass is 127. The summed E-state index contributed by atoms with van der Waals surface area (Å²) >= 11 is 5.59. The lowest BCUT2D eigenvalue weighted by Crippen LogP contribution is -2.24. The van der Waals surface area contributed by atoms with E-state index in [1.54, 1.807) is 6.07 Å². The molecule has 2 amide bonds. The van der Waals surface area contributed by atoms with Crippen molar-refractivity contribution in [3.63, 3.8) is 0 Å². The second-order valence-electron chi connectivity index (χ2n) is 4.91. The van der Waals surface area contributed by atoms with E-state index >= 15 is 0 Å². The van der Waals surface area contributed by atoms with Crippen molar-refractivity contribution in [2.45, 2.75) is 13.5 Å². The fourth-order valence-electron chi connectivity index (χ4n) is 1.97. The lowest BCUT2D eigenvalue weighted by Gasteiger charge is -2.14. The monoisotopic (exact) mass is 517 g/mol. The van der Waals surface area contributed by atoms with E-state index < -0.39 is 6.03 Å². The van der Waals surface area contributed by atoms with Crippen LogP contribution in [-0.4, -0.2) is 18.9 Å². The number of amides is 2. The molecule has 0 fully saturated rings. The molecular formula is C17H17BrIN3O3. The SMILES string of the molecule is CCOc1cc(/C=N\NC(N)=O)cc(I)c1OCc1ccc(Br)cc1. The molecule has 0 aliphatic rings. The van der Waals surface area contributed by atoms with Crippen LogP contribution in [0.1, 0.15) is 18.1 Å². The van der Waals surface area contributed by atoms with Crippen molar-refractivity contribution in [2.24, 2.45) is 10.8 Å². The highest BCUT2D eigenvalue weighted by Crippen LogP contribution is 2.34. The molecule has 0 aromatic heterocycles. The third kappa shape index (κ3) is 6.20. The number of nitrogens with zero attached hydrogens (tertiary/aromatic N) is 1. The van der Waals surface area contributed by atoms with E-state index in [9.17, 15) is 4.79 Å². The van der Waals surface area contributed by atoms with Crippen LogP contribution in [0, 0.1) is 3.57 Å². The summed E-state index contributed by atoms with van der Waals surface area (Å²) in [6.07, 6.45) is 1.49. The molecule has 0 saturated carbocycles. The highest BCUT2D eigenvalue weighted by molar-refractivity contribution is 14.1. The Kier molecular flexibility index (Phi) is 7.51. The predicted molar refractivity (Wildman–Crippen MR) is 109 cm³/mol. The highest BCUT2D eigenvalue weighted by Gasteiger charge is 2.12. The van der Waals surface area contributed by atoms with Gasteiger partial charge in [0.05, 0.1) is 16.4 Å². The van der Waals surface area contributed by atoms with Crippen molar-refractivity contribution in [1.82, 2.24) is 5.43 Å². The summed E-state index contributed by atoms with van der Waals surface area (Å²) in [5.41, 5.74) is 8.96. The quantitative estimate of drug-likeness (QED) is 0.330. The Morgan fingerprint density at radius 3 is 2.68 bits per heavy atom. The van der Waals surface area contributed by atoms with E-state index in [0.29, 0.717) is 24.7 Å². The van der Waals surface area contributed by atoms with Gasteiger partial charge in [0.1, 0.15) is 6.61 Å². The fraction of sp³-hybridized carbons (Fsp3) is 0.176. The van der Waals surface area contributed by atoms with Gasteiger partial charge in [-0.2, -0.15) is 5.10 Å². The number of hydrogen-bond donors (Lipinski definition) is 2. The first-order valence-electron chi connectivity index (χ1n) is 7.41. The maximum Gasteiger partial charge on any atom is 0.332 e. The number of rotatable bonds is 7. The van der Waals surface area contributed by atoms with Crippen molar-refractivity contribution in [3.8, 4) is 11.5 Å². The van der Waals surface area contributed by atoms with E-state index in [0.717, 1.165) is 19.2 Å². The number of carbonyl (C=O) groups is 1. The number of ether oxygens (including phenoxy) is 2. The first kappa shape index (κ1) is 19.5. The Hall–Kier alpha value is -1.81. The second-order valence-corrected chi connectivity index (χ2v) is 6.99. The molecule has 132 valence electrons.